The van der Waals surface area contributed by atoms with Gasteiger partial charge < -0.3 is 15.1 Å². The highest BCUT2D eigenvalue weighted by Crippen LogP contribution is 2.54. The minimum atomic E-state index is -2.72. The number of carbonyl (C=O) groups excluding carboxylic acids is 1. The molecule has 1 spiro atoms. The summed E-state index contributed by atoms with van der Waals surface area (Å²) in [5, 5.41) is 0.0185. The lowest BCUT2D eigenvalue weighted by molar-refractivity contribution is -0.122. The van der Waals surface area contributed by atoms with Crippen molar-refractivity contribution in [1.29, 1.82) is 0 Å². The quantitative estimate of drug-likeness (QED) is 0.584. The molecule has 4 heterocycles. The summed E-state index contributed by atoms with van der Waals surface area (Å²) >= 11 is 0. The first-order valence-electron chi connectivity index (χ1n) is 12.3. The Balaban J connectivity index is 1.50. The number of carbonyl (C=O) groups is 1. The third-order valence-electron chi connectivity index (χ3n) is 8.10. The van der Waals surface area contributed by atoms with Crippen molar-refractivity contribution in [2.75, 3.05) is 28.6 Å². The fourth-order valence-corrected chi connectivity index (χ4v) is 5.93. The van der Waals surface area contributed by atoms with Crippen molar-refractivity contribution in [1.82, 2.24) is 19.9 Å². The molecule has 0 aromatic carbocycles. The maximum absolute atomic E-state index is 13.9. The maximum atomic E-state index is 13.9. The van der Waals surface area contributed by atoms with Crippen LogP contribution in [0.3, 0.4) is 0 Å². The normalized spacial score (nSPS) is 20.7. The zero-order chi connectivity index (χ0) is 26.1. The minimum Gasteiger partial charge on any atom is -0.409 e. The molecule has 1 aliphatic carbocycles. The van der Waals surface area contributed by atoms with Crippen molar-refractivity contribution in [3.63, 3.8) is 0 Å². The van der Waals surface area contributed by atoms with Crippen molar-refractivity contribution in [3.8, 4) is 0 Å². The second-order valence-electron chi connectivity index (χ2n) is 11.7. The van der Waals surface area contributed by atoms with E-state index >= 15 is 0 Å². The smallest absolute Gasteiger partial charge is 0.282 e. The van der Waals surface area contributed by atoms with Crippen LogP contribution in [0.25, 0.3) is 0 Å². The van der Waals surface area contributed by atoms with E-state index in [1.165, 1.54) is 22.2 Å². The van der Waals surface area contributed by atoms with Crippen LogP contribution < -0.4 is 15.5 Å². The van der Waals surface area contributed by atoms with Gasteiger partial charge in [-0.1, -0.05) is 33.6 Å². The second kappa shape index (κ2) is 8.14. The summed E-state index contributed by atoms with van der Waals surface area (Å²) in [6.45, 7) is 10.1. The minimum absolute atomic E-state index is 0.0185. The molecule has 2 aromatic heterocycles. The van der Waals surface area contributed by atoms with Crippen LogP contribution in [0.5, 0.6) is 0 Å². The first-order chi connectivity index (χ1) is 16.7. The Morgan fingerprint density at radius 1 is 1.11 bits per heavy atom. The highest BCUT2D eigenvalue weighted by atomic mass is 28.4. The molecule has 0 atom stereocenters. The van der Waals surface area contributed by atoms with Crippen molar-refractivity contribution in [2.45, 2.75) is 82.5 Å². The second-order valence-corrected chi connectivity index (χ2v) is 16.5. The molecule has 36 heavy (non-hydrogen) atoms. The van der Waals surface area contributed by atoms with Gasteiger partial charge in [0.25, 0.3) is 5.92 Å². The largest absolute Gasteiger partial charge is 0.409 e. The number of hydrogen-bond donors (Lipinski definition) is 1. The lowest BCUT2D eigenvalue weighted by Gasteiger charge is -2.38. The molecule has 0 radical (unpaired) electrons. The molecule has 2 fully saturated rings. The number of nitrogens with two attached hydrogens (primary N) is 1. The van der Waals surface area contributed by atoms with E-state index in [1.807, 2.05) is 0 Å². The van der Waals surface area contributed by atoms with Gasteiger partial charge in [-0.2, -0.15) is 0 Å². The number of hydrogen-bond acceptors (Lipinski definition) is 8. The fraction of sp³-hybridized carbons (Fsp3) is 0.625. The first kappa shape index (κ1) is 24.9. The van der Waals surface area contributed by atoms with Gasteiger partial charge in [-0.25, -0.2) is 28.7 Å². The number of fused-ring (bicyclic) bond motifs is 2. The number of rotatable bonds is 5. The van der Waals surface area contributed by atoms with Gasteiger partial charge in [0.1, 0.15) is 11.6 Å². The average Bonchev–Trinajstić information content (AvgIpc) is 3.35. The van der Waals surface area contributed by atoms with Gasteiger partial charge >= 0.3 is 0 Å². The van der Waals surface area contributed by atoms with Gasteiger partial charge in [-0.15, -0.1) is 0 Å². The Labute approximate surface area is 210 Å². The molecule has 194 valence electrons. The number of amides is 1. The summed E-state index contributed by atoms with van der Waals surface area (Å²) in [5.74, 6) is -1.48. The predicted molar refractivity (Wildman–Crippen MR) is 135 cm³/mol. The van der Waals surface area contributed by atoms with Gasteiger partial charge in [-0.05, 0) is 31.0 Å². The average molecular weight is 518 g/mol. The molecule has 9 nitrogen and oxygen atoms in total. The van der Waals surface area contributed by atoms with E-state index in [1.54, 1.807) is 0 Å². The van der Waals surface area contributed by atoms with Crippen LogP contribution in [0, 0.1) is 0 Å². The fourth-order valence-electron chi connectivity index (χ4n) is 5.01. The zero-order valence-corrected chi connectivity index (χ0v) is 22.4. The van der Waals surface area contributed by atoms with Crippen LogP contribution >= 0.6 is 0 Å². The molecule has 12 heteroatoms. The Bertz CT molecular complexity index is 1190. The highest BCUT2D eigenvalue weighted by molar-refractivity contribution is 6.74. The molecule has 2 aromatic rings. The van der Waals surface area contributed by atoms with Crippen LogP contribution in [0.4, 0.5) is 32.1 Å². The van der Waals surface area contributed by atoms with Crippen LogP contribution in [-0.2, 0) is 21.2 Å². The van der Waals surface area contributed by atoms with E-state index in [4.69, 9.17) is 15.1 Å². The first-order valence-corrected chi connectivity index (χ1v) is 15.3. The van der Waals surface area contributed by atoms with E-state index in [9.17, 15) is 13.6 Å². The monoisotopic (exact) mass is 517 g/mol. The van der Waals surface area contributed by atoms with Crippen LogP contribution in [0.2, 0.25) is 18.1 Å². The number of halogens is 2. The van der Waals surface area contributed by atoms with Gasteiger partial charge in [0.2, 0.25) is 11.9 Å². The van der Waals surface area contributed by atoms with Crippen molar-refractivity contribution in [3.05, 3.63) is 23.8 Å². The van der Waals surface area contributed by atoms with E-state index in [2.05, 4.69) is 48.8 Å². The van der Waals surface area contributed by atoms with Crippen molar-refractivity contribution >= 4 is 37.5 Å². The van der Waals surface area contributed by atoms with Crippen LogP contribution in [0.15, 0.2) is 12.4 Å². The van der Waals surface area contributed by atoms with Crippen molar-refractivity contribution < 1.29 is 18.0 Å². The van der Waals surface area contributed by atoms with Gasteiger partial charge in [0.15, 0.2) is 14.1 Å². The van der Waals surface area contributed by atoms with E-state index < -0.39 is 32.7 Å². The molecule has 1 amide bonds. The summed E-state index contributed by atoms with van der Waals surface area (Å²) in [4.78, 5) is 34.7. The molecule has 0 unspecified atom stereocenters. The van der Waals surface area contributed by atoms with E-state index in [-0.39, 0.29) is 23.5 Å². The Kier molecular flexibility index (Phi) is 5.64. The van der Waals surface area contributed by atoms with Crippen LogP contribution in [0.1, 0.15) is 57.8 Å². The topological polar surface area (TPSA) is 110 Å². The number of anilines is 4. The van der Waals surface area contributed by atoms with Gasteiger partial charge in [0, 0.05) is 0 Å². The maximum Gasteiger partial charge on any atom is 0.282 e. The molecular formula is C24H33F2N7O2Si. The molecule has 5 rings (SSSR count). The lowest BCUT2D eigenvalue weighted by atomic mass is 9.80. The third-order valence-corrected chi connectivity index (χ3v) is 12.6. The highest BCUT2D eigenvalue weighted by Gasteiger charge is 2.55. The lowest BCUT2D eigenvalue weighted by Crippen LogP contribution is -2.57. The molecule has 2 N–H and O–H groups in total. The number of nitrogens with zero attached hydrogens (tertiary/aromatic N) is 6. The molecule has 0 bridgehead atoms. The molecule has 3 aliphatic rings. The number of nitrogen functional groups attached to an aromatic ring is 1. The third kappa shape index (κ3) is 3.94. The summed E-state index contributed by atoms with van der Waals surface area (Å²) < 4.78 is 32.9. The molecule has 1 saturated heterocycles. The standard InChI is InChI=1S/C24H33F2N7O2Si/c1-22(2,3)36(4,5)35-12-16-30-18(27)17-19(31-16)33(20(34)23(17)8-6-7-9-23)15-10-28-21(29-11-15)32-13-24(25,26)14-32/h10-11H,6-9,12-14H2,1-5H3,(H2,27,30,31). The number of aromatic nitrogens is 4. The molecule has 1 saturated carbocycles. The van der Waals surface area contributed by atoms with Gasteiger partial charge in [-0.3, -0.25) is 9.69 Å². The summed E-state index contributed by atoms with van der Waals surface area (Å²) in [5.41, 5.74) is 6.81. The predicted octanol–water partition coefficient (Wildman–Crippen LogP) is 4.32. The summed E-state index contributed by atoms with van der Waals surface area (Å²) in [6.07, 6.45) is 6.13. The zero-order valence-electron chi connectivity index (χ0n) is 21.4. The number of alkyl halides is 2. The van der Waals surface area contributed by atoms with Crippen LogP contribution in [-0.4, -0.2) is 53.2 Å². The van der Waals surface area contributed by atoms with Crippen molar-refractivity contribution in [2.24, 2.45) is 0 Å². The van der Waals surface area contributed by atoms with E-state index in [0.717, 1.165) is 12.8 Å². The Morgan fingerprint density at radius 2 is 1.72 bits per heavy atom. The van der Waals surface area contributed by atoms with Gasteiger partial charge in [0.05, 0.1) is 48.8 Å². The molecular weight excluding hydrogens is 484 g/mol. The Morgan fingerprint density at radius 3 is 2.28 bits per heavy atom. The molecule has 2 aliphatic heterocycles. The SMILES string of the molecule is CC(C)(C)[Si](C)(C)OCc1nc(N)c2c(n1)N(c1cnc(N3CC(F)(F)C3)nc1)C(=O)C21CCCC1. The Hall–Kier alpha value is -2.73. The summed E-state index contributed by atoms with van der Waals surface area (Å²) in [7, 11) is -2.06. The van der Waals surface area contributed by atoms with E-state index in [0.29, 0.717) is 41.6 Å². The summed E-state index contributed by atoms with van der Waals surface area (Å²) in [6, 6.07) is 0.